The van der Waals surface area contributed by atoms with E-state index in [0.717, 1.165) is 4.90 Å². The Morgan fingerprint density at radius 3 is 2.56 bits per heavy atom. The lowest BCUT2D eigenvalue weighted by molar-refractivity contribution is 0.101. The van der Waals surface area contributed by atoms with Gasteiger partial charge < -0.3 is 5.32 Å². The molecule has 2 amide bonds. The molecule has 0 atom stereocenters. The fourth-order valence-corrected chi connectivity index (χ4v) is 3.24. The maximum Gasteiger partial charge on any atom is 0.275 e. The van der Waals surface area contributed by atoms with E-state index in [0.29, 0.717) is 16.4 Å². The van der Waals surface area contributed by atoms with Gasteiger partial charge in [0.15, 0.2) is 5.13 Å². The van der Waals surface area contributed by atoms with Crippen molar-refractivity contribution in [1.82, 2.24) is 4.98 Å². The van der Waals surface area contributed by atoms with E-state index in [1.54, 1.807) is 41.4 Å². The molecule has 0 aliphatic carbocycles. The van der Waals surface area contributed by atoms with Crippen LogP contribution in [0, 0.1) is 0 Å². The van der Waals surface area contributed by atoms with Crippen molar-refractivity contribution in [3.63, 3.8) is 0 Å². The Morgan fingerprint density at radius 2 is 1.80 bits per heavy atom. The van der Waals surface area contributed by atoms with E-state index in [1.165, 1.54) is 11.3 Å². The number of benzene rings is 2. The number of rotatable bonds is 5. The van der Waals surface area contributed by atoms with Crippen LogP contribution in [-0.4, -0.2) is 23.1 Å². The van der Waals surface area contributed by atoms with E-state index in [-0.39, 0.29) is 17.5 Å². The van der Waals surface area contributed by atoms with Gasteiger partial charge in [0.1, 0.15) is 5.69 Å². The van der Waals surface area contributed by atoms with Gasteiger partial charge in [0.2, 0.25) is 0 Å². The van der Waals surface area contributed by atoms with Gasteiger partial charge in [0, 0.05) is 21.5 Å². The summed E-state index contributed by atoms with van der Waals surface area (Å²) >= 11 is 2.81. The number of carbonyl (C=O) groups is 2. The predicted molar refractivity (Wildman–Crippen MR) is 103 cm³/mol. The van der Waals surface area contributed by atoms with Gasteiger partial charge in [-0.2, -0.15) is 0 Å². The van der Waals surface area contributed by atoms with E-state index in [9.17, 15) is 9.59 Å². The number of carbonyl (C=O) groups excluding carboxylic acids is 2. The zero-order valence-electron chi connectivity index (χ0n) is 13.4. The van der Waals surface area contributed by atoms with Gasteiger partial charge in [-0.1, -0.05) is 24.3 Å². The zero-order valence-corrected chi connectivity index (χ0v) is 15.0. The van der Waals surface area contributed by atoms with Gasteiger partial charge in [-0.05, 0) is 36.6 Å². The number of hydrogen-bond acceptors (Lipinski definition) is 5. The average molecular weight is 369 g/mol. The molecule has 3 aromatic rings. The Morgan fingerprint density at radius 1 is 1.00 bits per heavy atom. The summed E-state index contributed by atoms with van der Waals surface area (Å²) in [6, 6.07) is 16.4. The Bertz CT molecular complexity index is 894. The van der Waals surface area contributed by atoms with E-state index >= 15 is 0 Å². The van der Waals surface area contributed by atoms with E-state index in [4.69, 9.17) is 0 Å². The molecule has 0 radical (unpaired) electrons. The van der Waals surface area contributed by atoms with Crippen molar-refractivity contribution < 1.29 is 9.59 Å². The highest BCUT2D eigenvalue weighted by molar-refractivity contribution is 7.98. The monoisotopic (exact) mass is 369 g/mol. The minimum absolute atomic E-state index is 0.255. The third-order valence-corrected chi connectivity index (χ3v) is 4.80. The third-order valence-electron chi connectivity index (χ3n) is 3.32. The van der Waals surface area contributed by atoms with Crippen LogP contribution < -0.4 is 10.6 Å². The first-order valence-corrected chi connectivity index (χ1v) is 9.53. The molecule has 2 N–H and O–H groups in total. The third kappa shape index (κ3) is 4.46. The molecule has 0 aliphatic heterocycles. The molecule has 0 unspecified atom stereocenters. The number of nitrogens with one attached hydrogen (secondary N) is 2. The van der Waals surface area contributed by atoms with Gasteiger partial charge in [-0.3, -0.25) is 14.9 Å². The average Bonchev–Trinajstić information content (AvgIpc) is 3.11. The fraction of sp³-hybridized carbons (Fsp3) is 0.0556. The van der Waals surface area contributed by atoms with Crippen LogP contribution in [0.1, 0.15) is 20.8 Å². The number of nitrogens with zero attached hydrogens (tertiary/aromatic N) is 1. The first-order valence-electron chi connectivity index (χ1n) is 7.43. The Balaban J connectivity index is 1.66. The summed E-state index contributed by atoms with van der Waals surface area (Å²) in [4.78, 5) is 29.6. The van der Waals surface area contributed by atoms with Crippen LogP contribution in [0.2, 0.25) is 0 Å². The van der Waals surface area contributed by atoms with Crippen molar-refractivity contribution in [2.45, 2.75) is 4.90 Å². The number of amides is 2. The Kier molecular flexibility index (Phi) is 5.47. The van der Waals surface area contributed by atoms with Crippen LogP contribution in [-0.2, 0) is 0 Å². The first-order chi connectivity index (χ1) is 12.2. The standard InChI is InChI=1S/C18H15N3O2S2/c1-24-14-9-5-8-13(10-14)19-17(23)15-11-25-18(20-15)21-16(22)12-6-3-2-4-7-12/h2-11H,1H3,(H,19,23)(H,20,21,22). The Hall–Kier alpha value is -2.64. The summed E-state index contributed by atoms with van der Waals surface area (Å²) in [6.07, 6.45) is 1.98. The summed E-state index contributed by atoms with van der Waals surface area (Å²) in [5, 5.41) is 7.52. The van der Waals surface area contributed by atoms with Crippen molar-refractivity contribution in [1.29, 1.82) is 0 Å². The minimum atomic E-state index is -0.310. The summed E-state index contributed by atoms with van der Waals surface area (Å²) < 4.78 is 0. The Labute approximate surface area is 153 Å². The lowest BCUT2D eigenvalue weighted by Crippen LogP contribution is -2.14. The number of anilines is 2. The lowest BCUT2D eigenvalue weighted by atomic mass is 10.2. The predicted octanol–water partition coefficient (Wildman–Crippen LogP) is 4.37. The minimum Gasteiger partial charge on any atom is -0.321 e. The molecular formula is C18H15N3O2S2. The molecule has 1 heterocycles. The number of thiazole rings is 1. The van der Waals surface area contributed by atoms with E-state index < -0.39 is 0 Å². The molecule has 126 valence electrons. The molecule has 3 rings (SSSR count). The highest BCUT2D eigenvalue weighted by atomic mass is 32.2. The fourth-order valence-electron chi connectivity index (χ4n) is 2.09. The van der Waals surface area contributed by atoms with Gasteiger partial charge >= 0.3 is 0 Å². The molecule has 5 nitrogen and oxygen atoms in total. The van der Waals surface area contributed by atoms with E-state index in [1.807, 2.05) is 36.6 Å². The molecule has 0 saturated heterocycles. The van der Waals surface area contributed by atoms with Crippen molar-refractivity contribution in [3.05, 3.63) is 71.2 Å². The molecule has 0 saturated carbocycles. The van der Waals surface area contributed by atoms with E-state index in [2.05, 4.69) is 15.6 Å². The topological polar surface area (TPSA) is 71.1 Å². The van der Waals surface area contributed by atoms with Crippen LogP contribution in [0.25, 0.3) is 0 Å². The highest BCUT2D eigenvalue weighted by Gasteiger charge is 2.13. The molecule has 0 fully saturated rings. The second kappa shape index (κ2) is 7.96. The summed E-state index contributed by atoms with van der Waals surface area (Å²) in [7, 11) is 0. The SMILES string of the molecule is CSc1cccc(NC(=O)c2csc(NC(=O)c3ccccc3)n2)c1. The summed E-state index contributed by atoms with van der Waals surface area (Å²) in [5.41, 5.74) is 1.51. The first kappa shape index (κ1) is 17.2. The smallest absolute Gasteiger partial charge is 0.275 e. The van der Waals surface area contributed by atoms with Crippen LogP contribution in [0.15, 0.2) is 64.9 Å². The normalized spacial score (nSPS) is 10.3. The van der Waals surface area contributed by atoms with Crippen LogP contribution in [0.4, 0.5) is 10.8 Å². The zero-order chi connectivity index (χ0) is 17.6. The van der Waals surface area contributed by atoms with Gasteiger partial charge in [-0.15, -0.1) is 23.1 Å². The van der Waals surface area contributed by atoms with Gasteiger partial charge in [0.25, 0.3) is 11.8 Å². The maximum atomic E-state index is 12.3. The molecule has 1 aromatic heterocycles. The molecule has 0 aliphatic rings. The molecule has 7 heteroatoms. The van der Waals surface area contributed by atoms with Crippen LogP contribution in [0.3, 0.4) is 0 Å². The molecule has 25 heavy (non-hydrogen) atoms. The van der Waals surface area contributed by atoms with Gasteiger partial charge in [0.05, 0.1) is 0 Å². The van der Waals surface area contributed by atoms with Crippen LogP contribution in [0.5, 0.6) is 0 Å². The molecular weight excluding hydrogens is 354 g/mol. The molecule has 0 bridgehead atoms. The quantitative estimate of drug-likeness (QED) is 0.655. The van der Waals surface area contributed by atoms with Crippen molar-refractivity contribution in [2.75, 3.05) is 16.9 Å². The number of thioether (sulfide) groups is 1. The van der Waals surface area contributed by atoms with Crippen molar-refractivity contribution in [2.24, 2.45) is 0 Å². The van der Waals surface area contributed by atoms with Crippen molar-refractivity contribution >= 4 is 45.7 Å². The summed E-state index contributed by atoms with van der Waals surface area (Å²) in [6.45, 7) is 0. The maximum absolute atomic E-state index is 12.3. The second-order valence-electron chi connectivity index (χ2n) is 5.04. The molecule has 2 aromatic carbocycles. The number of aromatic nitrogens is 1. The molecule has 0 spiro atoms. The van der Waals surface area contributed by atoms with Crippen molar-refractivity contribution in [3.8, 4) is 0 Å². The summed E-state index contributed by atoms with van der Waals surface area (Å²) in [5.74, 6) is -0.565. The number of hydrogen-bond donors (Lipinski definition) is 2. The highest BCUT2D eigenvalue weighted by Crippen LogP contribution is 2.21. The lowest BCUT2D eigenvalue weighted by Gasteiger charge is -2.04. The van der Waals surface area contributed by atoms with Gasteiger partial charge in [-0.25, -0.2) is 4.98 Å². The largest absolute Gasteiger partial charge is 0.321 e. The van der Waals surface area contributed by atoms with Crippen LogP contribution >= 0.6 is 23.1 Å². The second-order valence-corrected chi connectivity index (χ2v) is 6.78.